The Balaban J connectivity index is 1.73. The van der Waals surface area contributed by atoms with E-state index in [9.17, 15) is 24.3 Å². The van der Waals surface area contributed by atoms with Crippen molar-refractivity contribution in [3.05, 3.63) is 63.9 Å². The molecule has 1 atom stereocenters. The van der Waals surface area contributed by atoms with Crippen molar-refractivity contribution in [2.45, 2.75) is 32.4 Å². The molecule has 11 heteroatoms. The van der Waals surface area contributed by atoms with Crippen molar-refractivity contribution in [1.29, 1.82) is 0 Å². The molecule has 0 fully saturated rings. The van der Waals surface area contributed by atoms with Crippen molar-refractivity contribution in [3.8, 4) is 6.01 Å². The number of hydrogen-bond acceptors (Lipinski definition) is 7. The van der Waals surface area contributed by atoms with Crippen LogP contribution in [0.15, 0.2) is 47.3 Å². The number of carboxylic acid groups (broad SMARTS) is 2. The zero-order chi connectivity index (χ0) is 25.5. The van der Waals surface area contributed by atoms with E-state index in [4.69, 9.17) is 9.84 Å². The molecule has 4 N–H and O–H groups in total. The molecule has 0 saturated carbocycles. The first-order valence-corrected chi connectivity index (χ1v) is 10.9. The number of amides is 1. The summed E-state index contributed by atoms with van der Waals surface area (Å²) in [6, 6.07) is 10.9. The van der Waals surface area contributed by atoms with E-state index in [1.807, 2.05) is 17.9 Å². The molecule has 184 valence electrons. The van der Waals surface area contributed by atoms with Crippen LogP contribution < -0.4 is 20.5 Å². The summed E-state index contributed by atoms with van der Waals surface area (Å²) < 4.78 is 5.00. The molecule has 1 heterocycles. The van der Waals surface area contributed by atoms with E-state index in [1.54, 1.807) is 36.4 Å². The molecule has 1 amide bonds. The Labute approximate surface area is 200 Å². The number of nitrogens with one attached hydrogen (secondary N) is 2. The highest BCUT2D eigenvalue weighted by Gasteiger charge is 2.21. The van der Waals surface area contributed by atoms with Crippen LogP contribution in [0.4, 0.5) is 5.69 Å². The van der Waals surface area contributed by atoms with Crippen molar-refractivity contribution in [2.75, 3.05) is 18.6 Å². The molecule has 0 saturated heterocycles. The fourth-order valence-corrected chi connectivity index (χ4v) is 3.56. The molecule has 0 radical (unpaired) electrons. The van der Waals surface area contributed by atoms with Crippen molar-refractivity contribution >= 4 is 34.4 Å². The molecule has 0 aliphatic rings. The van der Waals surface area contributed by atoms with Crippen LogP contribution >= 0.6 is 0 Å². The molecule has 11 nitrogen and oxygen atoms in total. The Hall–Kier alpha value is -4.41. The van der Waals surface area contributed by atoms with Gasteiger partial charge in [0.05, 0.1) is 18.0 Å². The summed E-state index contributed by atoms with van der Waals surface area (Å²) in [5, 5.41) is 20.8. The highest BCUT2D eigenvalue weighted by atomic mass is 16.5. The van der Waals surface area contributed by atoms with Gasteiger partial charge in [-0.1, -0.05) is 6.07 Å². The average Bonchev–Trinajstić information content (AvgIpc) is 2.84. The van der Waals surface area contributed by atoms with Gasteiger partial charge < -0.3 is 25.2 Å². The van der Waals surface area contributed by atoms with Gasteiger partial charge in [0.15, 0.2) is 0 Å². The number of rotatable bonds is 11. The second-order valence-corrected chi connectivity index (χ2v) is 7.78. The average molecular weight is 482 g/mol. The summed E-state index contributed by atoms with van der Waals surface area (Å²) in [5.41, 5.74) is 2.20. The topological polar surface area (TPSA) is 162 Å². The summed E-state index contributed by atoms with van der Waals surface area (Å²) in [5.74, 6) is -3.04. The van der Waals surface area contributed by atoms with Gasteiger partial charge in [-0.3, -0.25) is 19.4 Å². The molecule has 0 spiro atoms. The van der Waals surface area contributed by atoms with Gasteiger partial charge in [-0.2, -0.15) is 4.98 Å². The smallest absolute Gasteiger partial charge is 0.326 e. The quantitative estimate of drug-likeness (QED) is 0.320. The van der Waals surface area contributed by atoms with E-state index >= 15 is 0 Å². The van der Waals surface area contributed by atoms with Crippen molar-refractivity contribution in [3.63, 3.8) is 0 Å². The predicted octanol–water partition coefficient (Wildman–Crippen LogP) is 2.01. The number of H-pyrrole nitrogens is 1. The van der Waals surface area contributed by atoms with Crippen LogP contribution in [0.1, 0.15) is 35.7 Å². The zero-order valence-electron chi connectivity index (χ0n) is 19.3. The maximum absolute atomic E-state index is 12.5. The Kier molecular flexibility index (Phi) is 8.03. The number of aromatic nitrogens is 2. The van der Waals surface area contributed by atoms with Crippen molar-refractivity contribution in [2.24, 2.45) is 0 Å². The minimum absolute atomic E-state index is 0.145. The molecule has 0 bridgehead atoms. The first-order chi connectivity index (χ1) is 16.7. The van der Waals surface area contributed by atoms with Gasteiger partial charge in [0.25, 0.3) is 17.5 Å². The Morgan fingerprint density at radius 1 is 1.14 bits per heavy atom. The second kappa shape index (κ2) is 11.1. The lowest BCUT2D eigenvalue weighted by molar-refractivity contribution is -0.140. The first-order valence-electron chi connectivity index (χ1n) is 10.9. The fraction of sp³-hybridized carbons (Fsp3) is 0.292. The van der Waals surface area contributed by atoms with Crippen LogP contribution in [0.3, 0.4) is 0 Å². The Bertz CT molecular complexity index is 1290. The van der Waals surface area contributed by atoms with E-state index in [2.05, 4.69) is 15.3 Å². The van der Waals surface area contributed by atoms with Crippen LogP contribution in [-0.2, 0) is 16.1 Å². The number of carboxylic acids is 2. The number of methoxy groups -OCH3 is 1. The van der Waals surface area contributed by atoms with Crippen LogP contribution in [0.25, 0.3) is 10.9 Å². The highest BCUT2D eigenvalue weighted by molar-refractivity contribution is 5.97. The molecule has 0 aliphatic heterocycles. The molecular weight excluding hydrogens is 456 g/mol. The van der Waals surface area contributed by atoms with E-state index in [-0.39, 0.29) is 30.0 Å². The van der Waals surface area contributed by atoms with Crippen molar-refractivity contribution < 1.29 is 29.3 Å². The third-order valence-electron chi connectivity index (χ3n) is 5.44. The number of anilines is 1. The monoisotopic (exact) mass is 482 g/mol. The number of aromatic amines is 1. The van der Waals surface area contributed by atoms with Crippen LogP contribution in [0, 0.1) is 0 Å². The van der Waals surface area contributed by atoms with E-state index < -0.39 is 23.9 Å². The molecule has 1 aromatic heterocycles. The second-order valence-electron chi connectivity index (χ2n) is 7.78. The van der Waals surface area contributed by atoms with Gasteiger partial charge >= 0.3 is 11.9 Å². The highest BCUT2D eigenvalue weighted by Crippen LogP contribution is 2.20. The minimum atomic E-state index is -1.30. The molecule has 3 rings (SSSR count). The summed E-state index contributed by atoms with van der Waals surface area (Å²) in [4.78, 5) is 55.7. The largest absolute Gasteiger partial charge is 0.481 e. The van der Waals surface area contributed by atoms with Gasteiger partial charge in [0, 0.05) is 30.8 Å². The lowest BCUT2D eigenvalue weighted by Crippen LogP contribution is -2.41. The summed E-state index contributed by atoms with van der Waals surface area (Å²) in [6.07, 6.45) is -0.582. The first kappa shape index (κ1) is 25.2. The number of aliphatic carboxylic acids is 2. The van der Waals surface area contributed by atoms with E-state index in [0.717, 1.165) is 11.3 Å². The van der Waals surface area contributed by atoms with Gasteiger partial charge in [-0.05, 0) is 55.3 Å². The minimum Gasteiger partial charge on any atom is -0.481 e. The third-order valence-corrected chi connectivity index (χ3v) is 5.44. The SMILES string of the molecule is CCN(Cc1ccc2nc(OC)[nH]c(=O)c2c1)c1ccc(C(=O)NC(CCC(=O)O)C(=O)O)cc1. The lowest BCUT2D eigenvalue weighted by Gasteiger charge is -2.23. The Morgan fingerprint density at radius 3 is 2.46 bits per heavy atom. The normalized spacial score (nSPS) is 11.6. The third kappa shape index (κ3) is 6.34. The fourth-order valence-electron chi connectivity index (χ4n) is 3.56. The van der Waals surface area contributed by atoms with Gasteiger partial charge in [-0.25, -0.2) is 4.79 Å². The summed E-state index contributed by atoms with van der Waals surface area (Å²) in [7, 11) is 1.43. The number of ether oxygens (including phenoxy) is 1. The lowest BCUT2D eigenvalue weighted by atomic mass is 10.1. The van der Waals surface area contributed by atoms with E-state index in [1.165, 1.54) is 7.11 Å². The predicted molar refractivity (Wildman–Crippen MR) is 128 cm³/mol. The number of hydrogen-bond donors (Lipinski definition) is 4. The molecule has 0 aliphatic carbocycles. The number of nitrogens with zero attached hydrogens (tertiary/aromatic N) is 2. The molecule has 35 heavy (non-hydrogen) atoms. The maximum Gasteiger partial charge on any atom is 0.326 e. The van der Waals surface area contributed by atoms with Gasteiger partial charge in [0.2, 0.25) is 0 Å². The summed E-state index contributed by atoms with van der Waals surface area (Å²) >= 11 is 0. The number of benzene rings is 2. The standard InChI is InChI=1S/C24H26N4O7/c1-3-28(13-14-4-9-18-17(12-14)22(32)27-24(26-18)35-2)16-7-5-15(6-8-16)21(31)25-19(23(33)34)10-11-20(29)30/h4-9,12,19H,3,10-11,13H2,1-2H3,(H,25,31)(H,29,30)(H,33,34)(H,26,27,32). The van der Waals surface area contributed by atoms with Gasteiger partial charge in [0.1, 0.15) is 6.04 Å². The molecule has 3 aromatic rings. The summed E-state index contributed by atoms with van der Waals surface area (Å²) in [6.45, 7) is 3.12. The number of carbonyl (C=O) groups excluding carboxylic acids is 1. The van der Waals surface area contributed by atoms with Gasteiger partial charge in [-0.15, -0.1) is 0 Å². The van der Waals surface area contributed by atoms with E-state index in [0.29, 0.717) is 24.0 Å². The van der Waals surface area contributed by atoms with Crippen LogP contribution in [-0.4, -0.2) is 57.7 Å². The molecular formula is C24H26N4O7. The van der Waals surface area contributed by atoms with Crippen LogP contribution in [0.2, 0.25) is 0 Å². The Morgan fingerprint density at radius 2 is 1.86 bits per heavy atom. The van der Waals surface area contributed by atoms with Crippen molar-refractivity contribution in [1.82, 2.24) is 15.3 Å². The molecule has 2 aromatic carbocycles. The zero-order valence-corrected chi connectivity index (χ0v) is 19.3. The van der Waals surface area contributed by atoms with Crippen LogP contribution in [0.5, 0.6) is 6.01 Å². The number of fused-ring (bicyclic) bond motifs is 1. The number of carbonyl (C=O) groups is 3. The molecule has 1 unspecified atom stereocenters. The maximum atomic E-state index is 12.5.